The Morgan fingerprint density at radius 2 is 1.89 bits per heavy atom. The van der Waals surface area contributed by atoms with E-state index in [0.717, 1.165) is 24.0 Å². The number of anilines is 1. The Balaban J connectivity index is 1.59. The van der Waals surface area contributed by atoms with Crippen molar-refractivity contribution in [1.29, 1.82) is 0 Å². The van der Waals surface area contributed by atoms with Gasteiger partial charge in [-0.15, -0.1) is 0 Å². The summed E-state index contributed by atoms with van der Waals surface area (Å²) in [6.07, 6.45) is 3.08. The standard InChI is InChI=1S/C20H21FN2O3S/c21-16-6-3-14(4-7-16)12-17-2-1-11-23(17)27(25,26)18-8-9-19-15(13-18)5-10-20(24)22-19/h3-4,6-9,13,17H,1-2,5,10-12H2,(H,22,24). The number of sulfonamides is 1. The van der Waals surface area contributed by atoms with Crippen LogP contribution in [0.3, 0.4) is 0 Å². The van der Waals surface area contributed by atoms with Crippen LogP contribution in [-0.2, 0) is 27.7 Å². The summed E-state index contributed by atoms with van der Waals surface area (Å²) >= 11 is 0. The topological polar surface area (TPSA) is 66.5 Å². The third kappa shape index (κ3) is 3.61. The molecular formula is C20H21FN2O3S. The van der Waals surface area contributed by atoms with Crippen LogP contribution in [0.25, 0.3) is 0 Å². The van der Waals surface area contributed by atoms with E-state index in [0.29, 0.717) is 31.5 Å². The smallest absolute Gasteiger partial charge is 0.243 e. The average Bonchev–Trinajstić information content (AvgIpc) is 3.12. The monoisotopic (exact) mass is 388 g/mol. The Morgan fingerprint density at radius 3 is 2.67 bits per heavy atom. The van der Waals surface area contributed by atoms with Gasteiger partial charge >= 0.3 is 0 Å². The van der Waals surface area contributed by atoms with Gasteiger partial charge in [0, 0.05) is 24.7 Å². The number of carbonyl (C=O) groups excluding carboxylic acids is 1. The van der Waals surface area contributed by atoms with Crippen LogP contribution in [-0.4, -0.2) is 31.2 Å². The molecule has 1 saturated heterocycles. The van der Waals surface area contributed by atoms with E-state index < -0.39 is 10.0 Å². The van der Waals surface area contributed by atoms with Gasteiger partial charge in [-0.05, 0) is 67.1 Å². The molecule has 1 atom stereocenters. The largest absolute Gasteiger partial charge is 0.326 e. The van der Waals surface area contributed by atoms with E-state index in [4.69, 9.17) is 0 Å². The molecule has 0 aromatic heterocycles. The summed E-state index contributed by atoms with van der Waals surface area (Å²) in [5.41, 5.74) is 2.47. The first-order chi connectivity index (χ1) is 12.9. The van der Waals surface area contributed by atoms with Crippen molar-refractivity contribution in [3.05, 3.63) is 59.4 Å². The Morgan fingerprint density at radius 1 is 1.11 bits per heavy atom. The molecule has 2 aromatic carbocycles. The fourth-order valence-corrected chi connectivity index (χ4v) is 5.62. The third-order valence-corrected chi connectivity index (χ3v) is 7.23. The Kier molecular flexibility index (Phi) is 4.74. The van der Waals surface area contributed by atoms with Gasteiger partial charge in [-0.1, -0.05) is 12.1 Å². The molecule has 27 heavy (non-hydrogen) atoms. The predicted molar refractivity (Wildman–Crippen MR) is 100 cm³/mol. The minimum absolute atomic E-state index is 0.0444. The molecule has 2 aromatic rings. The van der Waals surface area contributed by atoms with Crippen molar-refractivity contribution >= 4 is 21.6 Å². The summed E-state index contributed by atoms with van der Waals surface area (Å²) in [6, 6.07) is 11.0. The van der Waals surface area contributed by atoms with Gasteiger partial charge in [0.05, 0.1) is 4.90 Å². The fourth-order valence-electron chi connectivity index (χ4n) is 3.88. The van der Waals surface area contributed by atoms with Crippen LogP contribution in [0.2, 0.25) is 0 Å². The van der Waals surface area contributed by atoms with Crippen molar-refractivity contribution in [1.82, 2.24) is 4.31 Å². The van der Waals surface area contributed by atoms with Crippen molar-refractivity contribution in [3.63, 3.8) is 0 Å². The molecule has 0 radical (unpaired) electrons. The SMILES string of the molecule is O=C1CCc2cc(S(=O)(=O)N3CCCC3Cc3ccc(F)cc3)ccc2N1. The van der Waals surface area contributed by atoms with Crippen LogP contribution in [0.5, 0.6) is 0 Å². The molecule has 1 unspecified atom stereocenters. The van der Waals surface area contributed by atoms with E-state index in [-0.39, 0.29) is 22.7 Å². The van der Waals surface area contributed by atoms with Gasteiger partial charge in [-0.3, -0.25) is 4.79 Å². The van der Waals surface area contributed by atoms with E-state index in [1.54, 1.807) is 34.6 Å². The van der Waals surface area contributed by atoms with Crippen molar-refractivity contribution in [2.45, 2.75) is 43.0 Å². The van der Waals surface area contributed by atoms with Gasteiger partial charge in [-0.25, -0.2) is 12.8 Å². The zero-order valence-electron chi connectivity index (χ0n) is 14.8. The molecule has 0 saturated carbocycles. The normalized spacial score (nSPS) is 20.3. The zero-order valence-corrected chi connectivity index (χ0v) is 15.6. The quantitative estimate of drug-likeness (QED) is 0.875. The summed E-state index contributed by atoms with van der Waals surface area (Å²) in [4.78, 5) is 11.8. The highest BCUT2D eigenvalue weighted by molar-refractivity contribution is 7.89. The van der Waals surface area contributed by atoms with Crippen molar-refractivity contribution < 1.29 is 17.6 Å². The molecule has 142 valence electrons. The van der Waals surface area contributed by atoms with Crippen molar-refractivity contribution in [3.8, 4) is 0 Å². The first-order valence-corrected chi connectivity index (χ1v) is 10.6. The number of carbonyl (C=O) groups is 1. The molecule has 0 aliphatic carbocycles. The third-order valence-electron chi connectivity index (χ3n) is 5.29. The summed E-state index contributed by atoms with van der Waals surface area (Å²) < 4.78 is 41.1. The molecule has 4 rings (SSSR count). The average molecular weight is 388 g/mol. The van der Waals surface area contributed by atoms with Gasteiger partial charge in [0.2, 0.25) is 15.9 Å². The van der Waals surface area contributed by atoms with Crippen LogP contribution in [0.1, 0.15) is 30.4 Å². The second-order valence-electron chi connectivity index (χ2n) is 7.11. The van der Waals surface area contributed by atoms with Crippen LogP contribution < -0.4 is 5.32 Å². The molecule has 7 heteroatoms. The summed E-state index contributed by atoms with van der Waals surface area (Å²) in [7, 11) is -3.62. The number of rotatable bonds is 4. The number of aryl methyl sites for hydroxylation is 1. The van der Waals surface area contributed by atoms with Crippen molar-refractivity contribution in [2.75, 3.05) is 11.9 Å². The number of halogens is 1. The molecule has 5 nitrogen and oxygen atoms in total. The maximum Gasteiger partial charge on any atom is 0.243 e. The number of hydrogen-bond donors (Lipinski definition) is 1. The van der Waals surface area contributed by atoms with E-state index in [2.05, 4.69) is 5.32 Å². The lowest BCUT2D eigenvalue weighted by molar-refractivity contribution is -0.116. The maximum absolute atomic E-state index is 13.2. The molecule has 1 amide bonds. The Hall–Kier alpha value is -2.25. The number of amides is 1. The van der Waals surface area contributed by atoms with Crippen LogP contribution in [0.4, 0.5) is 10.1 Å². The first-order valence-electron chi connectivity index (χ1n) is 9.12. The molecule has 2 aliphatic rings. The Labute approximate surface area is 158 Å². The first kappa shape index (κ1) is 18.1. The van der Waals surface area contributed by atoms with Gasteiger partial charge in [0.1, 0.15) is 5.82 Å². The van der Waals surface area contributed by atoms with E-state index in [9.17, 15) is 17.6 Å². The number of hydrogen-bond acceptors (Lipinski definition) is 3. The summed E-state index contributed by atoms with van der Waals surface area (Å²) in [6.45, 7) is 0.488. The van der Waals surface area contributed by atoms with Crippen LogP contribution in [0.15, 0.2) is 47.4 Å². The predicted octanol–water partition coefficient (Wildman–Crippen LogP) is 3.11. The maximum atomic E-state index is 13.2. The minimum Gasteiger partial charge on any atom is -0.326 e. The molecule has 1 fully saturated rings. The molecule has 2 aliphatic heterocycles. The van der Waals surface area contributed by atoms with Crippen LogP contribution in [0, 0.1) is 5.82 Å². The molecule has 2 heterocycles. The van der Waals surface area contributed by atoms with Gasteiger partial charge < -0.3 is 5.32 Å². The zero-order chi connectivity index (χ0) is 19.0. The minimum atomic E-state index is -3.62. The number of fused-ring (bicyclic) bond motifs is 1. The highest BCUT2D eigenvalue weighted by Crippen LogP contribution is 2.31. The second-order valence-corrected chi connectivity index (χ2v) is 9.00. The van der Waals surface area contributed by atoms with Gasteiger partial charge in [0.25, 0.3) is 0 Å². The fraction of sp³-hybridized carbons (Fsp3) is 0.350. The lowest BCUT2D eigenvalue weighted by Crippen LogP contribution is -2.37. The van der Waals surface area contributed by atoms with Gasteiger partial charge in [0.15, 0.2) is 0 Å². The molecule has 0 spiro atoms. The molecule has 1 N–H and O–H groups in total. The van der Waals surface area contributed by atoms with E-state index in [1.807, 2.05) is 0 Å². The van der Waals surface area contributed by atoms with Crippen LogP contribution >= 0.6 is 0 Å². The number of nitrogens with zero attached hydrogens (tertiary/aromatic N) is 1. The highest BCUT2D eigenvalue weighted by atomic mass is 32.2. The number of benzene rings is 2. The van der Waals surface area contributed by atoms with Gasteiger partial charge in [-0.2, -0.15) is 4.31 Å². The van der Waals surface area contributed by atoms with E-state index in [1.165, 1.54) is 12.1 Å². The molecule has 0 bridgehead atoms. The summed E-state index contributed by atoms with van der Waals surface area (Å²) in [5.74, 6) is -0.340. The lowest BCUT2D eigenvalue weighted by atomic mass is 10.0. The summed E-state index contributed by atoms with van der Waals surface area (Å²) in [5, 5.41) is 2.78. The highest BCUT2D eigenvalue weighted by Gasteiger charge is 2.35. The Bertz CT molecular complexity index is 973. The second kappa shape index (κ2) is 7.05. The van der Waals surface area contributed by atoms with Crippen molar-refractivity contribution in [2.24, 2.45) is 0 Å². The lowest BCUT2D eigenvalue weighted by Gasteiger charge is -2.25. The molecular weight excluding hydrogens is 367 g/mol. The van der Waals surface area contributed by atoms with E-state index >= 15 is 0 Å². The number of nitrogens with one attached hydrogen (secondary N) is 1.